The summed E-state index contributed by atoms with van der Waals surface area (Å²) in [5.41, 5.74) is 0. The Morgan fingerprint density at radius 2 is 1.42 bits per heavy atom. The number of aromatic nitrogens is 1. The van der Waals surface area contributed by atoms with Crippen molar-refractivity contribution < 1.29 is 21.7 Å². The van der Waals surface area contributed by atoms with Gasteiger partial charge >= 0.3 is 0 Å². The fourth-order valence-electron chi connectivity index (χ4n) is 0.581. The number of allylic oxidation sites excluding steroid dienone is 4. The molecular formula is C15H29Cl2NTi-8. The molecule has 0 fully saturated rings. The second-order valence-corrected chi connectivity index (χ2v) is 1.82. The van der Waals surface area contributed by atoms with Crippen molar-refractivity contribution >= 4 is 24.8 Å². The predicted molar refractivity (Wildman–Crippen MR) is 94.2 cm³/mol. The van der Waals surface area contributed by atoms with Crippen molar-refractivity contribution in [3.05, 3.63) is 93.4 Å². The summed E-state index contributed by atoms with van der Waals surface area (Å²) < 4.78 is 0. The van der Waals surface area contributed by atoms with E-state index in [1.165, 1.54) is 0 Å². The van der Waals surface area contributed by atoms with Gasteiger partial charge in [-0.3, -0.25) is 6.08 Å². The molecule has 0 amide bonds. The van der Waals surface area contributed by atoms with E-state index in [2.05, 4.69) is 23.3 Å². The van der Waals surface area contributed by atoms with E-state index in [0.717, 1.165) is 6.42 Å². The Labute approximate surface area is 151 Å². The molecule has 0 unspecified atom stereocenters. The van der Waals surface area contributed by atoms with Gasteiger partial charge in [0.15, 0.2) is 0 Å². The van der Waals surface area contributed by atoms with Gasteiger partial charge in [-0.2, -0.15) is 24.4 Å². The molecule has 1 aliphatic carbocycles. The Morgan fingerprint density at radius 3 is 1.53 bits per heavy atom. The van der Waals surface area contributed by atoms with Crippen LogP contribution in [0.3, 0.4) is 0 Å². The molecular weight excluding hydrogens is 313 g/mol. The molecule has 0 saturated carbocycles. The third kappa shape index (κ3) is 46.0. The van der Waals surface area contributed by atoms with Gasteiger partial charge in [0.1, 0.15) is 0 Å². The standard InChI is InChI=1S/C5H5.C4H4N.6CH3.2ClH.Ti/c2*1-2-4-5-3-1;;;;;;;;;/h1-3H,4H2;1-3,5H;6*1H3;2*1H;/q8*-1;;;. The first-order valence-corrected chi connectivity index (χ1v) is 3.21. The summed E-state index contributed by atoms with van der Waals surface area (Å²) in [6.07, 6.45) is 14.6. The summed E-state index contributed by atoms with van der Waals surface area (Å²) in [5.74, 6) is 0. The normalized spacial score (nSPS) is 6.74. The summed E-state index contributed by atoms with van der Waals surface area (Å²) in [7, 11) is 0. The average molecular weight is 342 g/mol. The van der Waals surface area contributed by atoms with Crippen molar-refractivity contribution in [2.75, 3.05) is 0 Å². The molecule has 120 valence electrons. The smallest absolute Gasteiger partial charge is 0 e. The van der Waals surface area contributed by atoms with Crippen molar-refractivity contribution in [3.8, 4) is 0 Å². The first-order valence-electron chi connectivity index (χ1n) is 3.21. The van der Waals surface area contributed by atoms with Crippen LogP contribution >= 0.6 is 24.8 Å². The molecule has 0 saturated heterocycles. The molecule has 1 aliphatic rings. The van der Waals surface area contributed by atoms with E-state index >= 15 is 0 Å². The molecule has 2 rings (SSSR count). The van der Waals surface area contributed by atoms with E-state index in [0.29, 0.717) is 0 Å². The summed E-state index contributed by atoms with van der Waals surface area (Å²) in [6.45, 7) is 0. The second-order valence-electron chi connectivity index (χ2n) is 1.82. The third-order valence-corrected chi connectivity index (χ3v) is 1.03. The van der Waals surface area contributed by atoms with Crippen LogP contribution in [0.1, 0.15) is 6.42 Å². The zero-order valence-corrected chi connectivity index (χ0v) is 16.2. The van der Waals surface area contributed by atoms with E-state index < -0.39 is 0 Å². The van der Waals surface area contributed by atoms with E-state index in [-0.39, 0.29) is 91.1 Å². The SMILES string of the molecule is Cl.Cl.[C-]1=CC=CC1.[CH3-].[CH3-].[CH3-].[CH3-].[CH3-].[CH3-].[Ti].[c-]1ccc[nH]1. The van der Waals surface area contributed by atoms with Gasteiger partial charge in [-0.1, -0.05) is 0 Å². The van der Waals surface area contributed by atoms with Crippen LogP contribution in [0.25, 0.3) is 0 Å². The van der Waals surface area contributed by atoms with Crippen LogP contribution in [0.15, 0.2) is 36.6 Å². The summed E-state index contributed by atoms with van der Waals surface area (Å²) in [4.78, 5) is 2.74. The maximum Gasteiger partial charge on any atom is 0 e. The maximum absolute atomic E-state index is 2.99. The fourth-order valence-corrected chi connectivity index (χ4v) is 0.581. The molecule has 0 bridgehead atoms. The van der Waals surface area contributed by atoms with Gasteiger partial charge in [-0.15, -0.1) is 37.4 Å². The Hall–Kier alpha value is 0.0543. The quantitative estimate of drug-likeness (QED) is 0.462. The number of H-pyrrole nitrogens is 1. The molecule has 0 radical (unpaired) electrons. The number of rotatable bonds is 0. The van der Waals surface area contributed by atoms with Gasteiger partial charge in [0.2, 0.25) is 0 Å². The largest absolute Gasteiger partial charge is 0.484 e. The Bertz CT molecular complexity index is 183. The van der Waals surface area contributed by atoms with Crippen LogP contribution in [0.2, 0.25) is 0 Å². The van der Waals surface area contributed by atoms with Gasteiger partial charge in [-0.25, -0.2) is 12.2 Å². The van der Waals surface area contributed by atoms with Crippen molar-refractivity contribution in [2.45, 2.75) is 6.42 Å². The third-order valence-electron chi connectivity index (χ3n) is 1.03. The monoisotopic (exact) mass is 341 g/mol. The molecule has 19 heavy (non-hydrogen) atoms. The maximum atomic E-state index is 2.99. The summed E-state index contributed by atoms with van der Waals surface area (Å²) in [6, 6.07) is 3.71. The van der Waals surface area contributed by atoms with Gasteiger partial charge in [0.25, 0.3) is 0 Å². The molecule has 1 aromatic rings. The Morgan fingerprint density at radius 1 is 0.895 bits per heavy atom. The van der Waals surface area contributed by atoms with Gasteiger partial charge < -0.3 is 49.5 Å². The topological polar surface area (TPSA) is 15.8 Å². The van der Waals surface area contributed by atoms with E-state index in [9.17, 15) is 0 Å². The first-order chi connectivity index (χ1) is 5.00. The van der Waals surface area contributed by atoms with Crippen LogP contribution in [-0.4, -0.2) is 4.98 Å². The van der Waals surface area contributed by atoms with Crippen molar-refractivity contribution in [3.63, 3.8) is 0 Å². The van der Waals surface area contributed by atoms with Gasteiger partial charge in [-0.05, 0) is 0 Å². The molecule has 0 atom stereocenters. The first kappa shape index (κ1) is 61.4. The zero-order valence-electron chi connectivity index (χ0n) is 13.0. The minimum atomic E-state index is 0. The number of hydrogen-bond acceptors (Lipinski definition) is 0. The van der Waals surface area contributed by atoms with Crippen LogP contribution < -0.4 is 0 Å². The Kier molecular flexibility index (Phi) is 168. The van der Waals surface area contributed by atoms with Crippen molar-refractivity contribution in [1.29, 1.82) is 0 Å². The van der Waals surface area contributed by atoms with Gasteiger partial charge in [0, 0.05) is 21.7 Å². The number of halogens is 2. The second kappa shape index (κ2) is 51.9. The fraction of sp³-hybridized carbons (Fsp3) is 0.0667. The minimum Gasteiger partial charge on any atom is -0.484 e. The van der Waals surface area contributed by atoms with E-state index in [1.54, 1.807) is 0 Å². The van der Waals surface area contributed by atoms with E-state index in [4.69, 9.17) is 0 Å². The molecule has 1 nitrogen and oxygen atoms in total. The molecule has 1 N–H and O–H groups in total. The summed E-state index contributed by atoms with van der Waals surface area (Å²) >= 11 is 0. The zero-order chi connectivity index (χ0) is 7.07. The van der Waals surface area contributed by atoms with Crippen LogP contribution in [-0.2, 0) is 21.7 Å². The number of hydrogen-bond donors (Lipinski definition) is 1. The molecule has 0 spiro atoms. The van der Waals surface area contributed by atoms with Gasteiger partial charge in [0.05, 0.1) is 0 Å². The molecule has 1 heterocycles. The molecule has 0 aromatic carbocycles. The van der Waals surface area contributed by atoms with Crippen LogP contribution in [0, 0.1) is 56.8 Å². The molecule has 1 aromatic heterocycles. The number of aromatic amines is 1. The van der Waals surface area contributed by atoms with Crippen LogP contribution in [0.5, 0.6) is 0 Å². The van der Waals surface area contributed by atoms with E-state index in [1.807, 2.05) is 30.5 Å². The summed E-state index contributed by atoms with van der Waals surface area (Å²) in [5, 5.41) is 0. The van der Waals surface area contributed by atoms with Crippen LogP contribution in [0.4, 0.5) is 0 Å². The van der Waals surface area contributed by atoms with Crippen molar-refractivity contribution in [1.82, 2.24) is 4.98 Å². The molecule has 0 aliphatic heterocycles. The molecule has 4 heteroatoms. The Balaban J connectivity index is -0.0000000102. The van der Waals surface area contributed by atoms with Crippen molar-refractivity contribution in [2.24, 2.45) is 0 Å². The number of nitrogens with one attached hydrogen (secondary N) is 1. The average Bonchev–Trinajstić information content (AvgIpc) is 2.67. The minimum absolute atomic E-state index is 0. The predicted octanol–water partition coefficient (Wildman–Crippen LogP) is 5.66.